The quantitative estimate of drug-likeness (QED) is 0.395. The van der Waals surface area contributed by atoms with E-state index in [-0.39, 0.29) is 17.4 Å². The molecule has 1 atom stereocenters. The summed E-state index contributed by atoms with van der Waals surface area (Å²) < 4.78 is 15.0. The lowest BCUT2D eigenvalue weighted by Crippen LogP contribution is -2.54. The van der Waals surface area contributed by atoms with Crippen molar-refractivity contribution in [2.75, 3.05) is 6.54 Å². The van der Waals surface area contributed by atoms with Crippen molar-refractivity contribution in [2.45, 2.75) is 39.8 Å². The van der Waals surface area contributed by atoms with Gasteiger partial charge in [0.15, 0.2) is 5.69 Å². The van der Waals surface area contributed by atoms with E-state index in [0.29, 0.717) is 24.9 Å². The van der Waals surface area contributed by atoms with Crippen molar-refractivity contribution in [3.63, 3.8) is 0 Å². The molecule has 36 heavy (non-hydrogen) atoms. The van der Waals surface area contributed by atoms with Gasteiger partial charge in [-0.3, -0.25) is 24.2 Å². The van der Waals surface area contributed by atoms with Gasteiger partial charge < -0.3 is 10.6 Å². The van der Waals surface area contributed by atoms with Gasteiger partial charge in [0, 0.05) is 36.9 Å². The number of carbonyl (C=O) groups is 2. The molecule has 0 saturated carbocycles. The van der Waals surface area contributed by atoms with Crippen molar-refractivity contribution in [1.82, 2.24) is 30.4 Å². The van der Waals surface area contributed by atoms with Crippen LogP contribution >= 0.6 is 0 Å². The molecular formula is C27H29FN6O2. The molecule has 8 nitrogen and oxygen atoms in total. The fourth-order valence-electron chi connectivity index (χ4n) is 3.93. The summed E-state index contributed by atoms with van der Waals surface area (Å²) in [5, 5.41) is 11.0. The Hall–Kier alpha value is -4.14. The summed E-state index contributed by atoms with van der Waals surface area (Å²) >= 11 is 0. The van der Waals surface area contributed by atoms with E-state index < -0.39 is 17.4 Å². The third-order valence-corrected chi connectivity index (χ3v) is 5.82. The number of aromatic nitrogens is 4. The van der Waals surface area contributed by atoms with Crippen LogP contribution in [0.2, 0.25) is 0 Å². The Bertz CT molecular complexity index is 1350. The van der Waals surface area contributed by atoms with Crippen LogP contribution in [-0.2, 0) is 17.8 Å². The van der Waals surface area contributed by atoms with Crippen LogP contribution in [0.4, 0.5) is 4.39 Å². The molecule has 0 saturated heterocycles. The molecule has 186 valence electrons. The lowest BCUT2D eigenvalue weighted by atomic mass is 9.86. The molecule has 2 aromatic heterocycles. The minimum atomic E-state index is -0.784. The fraction of sp³-hybridized carbons (Fsp3) is 0.296. The summed E-state index contributed by atoms with van der Waals surface area (Å²) in [5.41, 5.74) is 2.08. The van der Waals surface area contributed by atoms with Crippen molar-refractivity contribution in [3.05, 3.63) is 89.9 Å². The number of hydrogen-bond acceptors (Lipinski definition) is 5. The molecule has 4 rings (SSSR count). The summed E-state index contributed by atoms with van der Waals surface area (Å²) in [7, 11) is 0. The Morgan fingerprint density at radius 2 is 1.81 bits per heavy atom. The van der Waals surface area contributed by atoms with Crippen LogP contribution in [0.25, 0.3) is 10.9 Å². The summed E-state index contributed by atoms with van der Waals surface area (Å²) in [5.74, 6) is -1.03. The molecule has 0 aliphatic rings. The van der Waals surface area contributed by atoms with Crippen molar-refractivity contribution < 1.29 is 14.0 Å². The Morgan fingerprint density at radius 1 is 1.06 bits per heavy atom. The second kappa shape index (κ2) is 10.6. The molecule has 9 heteroatoms. The molecule has 0 aliphatic heterocycles. The van der Waals surface area contributed by atoms with Crippen molar-refractivity contribution in [3.8, 4) is 0 Å². The Kier molecular flexibility index (Phi) is 7.38. The summed E-state index contributed by atoms with van der Waals surface area (Å²) in [4.78, 5) is 34.7. The third kappa shape index (κ3) is 5.91. The number of nitrogens with one attached hydrogen (secondary N) is 2. The molecule has 0 spiro atoms. The molecule has 2 heterocycles. The average Bonchev–Trinajstić information content (AvgIpc) is 3.22. The van der Waals surface area contributed by atoms with Crippen LogP contribution in [0.1, 0.15) is 42.5 Å². The number of hydrogen-bond donors (Lipinski definition) is 2. The predicted octanol–water partition coefficient (Wildman–Crippen LogP) is 3.52. The number of amides is 2. The zero-order chi connectivity index (χ0) is 25.7. The van der Waals surface area contributed by atoms with Crippen LogP contribution in [0.3, 0.4) is 0 Å². The van der Waals surface area contributed by atoms with Gasteiger partial charge in [-0.25, -0.2) is 4.39 Å². The van der Waals surface area contributed by atoms with Crippen molar-refractivity contribution in [1.29, 1.82) is 0 Å². The first kappa shape index (κ1) is 25.0. The number of benzene rings is 2. The van der Waals surface area contributed by atoms with Crippen LogP contribution in [0.5, 0.6) is 0 Å². The summed E-state index contributed by atoms with van der Waals surface area (Å²) in [6, 6.07) is 12.8. The predicted molar refractivity (Wildman–Crippen MR) is 135 cm³/mol. The monoisotopic (exact) mass is 488 g/mol. The smallest absolute Gasteiger partial charge is 0.273 e. The molecule has 4 aromatic rings. The van der Waals surface area contributed by atoms with Crippen molar-refractivity contribution >= 4 is 22.7 Å². The minimum absolute atomic E-state index is 0.231. The first-order chi connectivity index (χ1) is 17.2. The Balaban J connectivity index is 1.52. The Morgan fingerprint density at radius 3 is 2.50 bits per heavy atom. The van der Waals surface area contributed by atoms with Crippen LogP contribution in [0.15, 0.2) is 67.1 Å². The normalized spacial score (nSPS) is 12.3. The van der Waals surface area contributed by atoms with E-state index >= 15 is 0 Å². The standard InChI is InChI=1S/C27H29FN6O2/c1-27(2,3)24(26(36)31-13-12-20-16-29-14-15-30-20)32-25(35)23-21-6-4-5-7-22(21)34(33-23)17-18-8-10-19(28)11-9-18/h4-11,14-16,24H,12-13,17H2,1-3H3,(H,31,36)(H,32,35)/t24-/m1/s1. The lowest BCUT2D eigenvalue weighted by molar-refractivity contribution is -0.125. The SMILES string of the molecule is CC(C)(C)[C@H](NC(=O)c1nn(Cc2ccc(F)cc2)c2ccccc12)C(=O)NCCc1cnccn1. The van der Waals surface area contributed by atoms with Gasteiger partial charge in [0.2, 0.25) is 5.91 Å². The first-order valence-corrected chi connectivity index (χ1v) is 11.8. The number of para-hydroxylation sites is 1. The molecule has 2 aromatic carbocycles. The highest BCUT2D eigenvalue weighted by molar-refractivity contribution is 6.06. The summed E-state index contributed by atoms with van der Waals surface area (Å²) in [6.45, 7) is 6.43. The summed E-state index contributed by atoms with van der Waals surface area (Å²) in [6.07, 6.45) is 5.39. The highest BCUT2D eigenvalue weighted by Crippen LogP contribution is 2.23. The lowest BCUT2D eigenvalue weighted by Gasteiger charge is -2.30. The number of carbonyl (C=O) groups excluding carboxylic acids is 2. The number of halogens is 1. The van der Waals surface area contributed by atoms with E-state index in [1.165, 1.54) is 12.1 Å². The van der Waals surface area contributed by atoms with E-state index in [2.05, 4.69) is 25.7 Å². The molecule has 2 amide bonds. The van der Waals surface area contributed by atoms with Gasteiger partial charge in [0.1, 0.15) is 11.9 Å². The number of fused-ring (bicyclic) bond motifs is 1. The van der Waals surface area contributed by atoms with Crippen LogP contribution in [0, 0.1) is 11.2 Å². The van der Waals surface area contributed by atoms with Gasteiger partial charge in [0.25, 0.3) is 5.91 Å². The molecular weight excluding hydrogens is 459 g/mol. The van der Waals surface area contributed by atoms with Gasteiger partial charge in [-0.05, 0) is 29.2 Å². The maximum atomic E-state index is 13.4. The fourth-order valence-corrected chi connectivity index (χ4v) is 3.93. The molecule has 0 fully saturated rings. The number of nitrogens with zero attached hydrogens (tertiary/aromatic N) is 4. The van der Waals surface area contributed by atoms with Crippen LogP contribution < -0.4 is 10.6 Å². The second-order valence-corrected chi connectivity index (χ2v) is 9.66. The molecule has 0 bridgehead atoms. The maximum Gasteiger partial charge on any atom is 0.273 e. The van der Waals surface area contributed by atoms with Gasteiger partial charge in [-0.1, -0.05) is 51.1 Å². The third-order valence-electron chi connectivity index (χ3n) is 5.82. The molecule has 2 N–H and O–H groups in total. The topological polar surface area (TPSA) is 102 Å². The van der Waals surface area contributed by atoms with E-state index in [4.69, 9.17) is 0 Å². The first-order valence-electron chi connectivity index (χ1n) is 11.8. The molecule has 0 aliphatic carbocycles. The number of rotatable bonds is 8. The van der Waals surface area contributed by atoms with E-state index in [1.807, 2.05) is 45.0 Å². The van der Waals surface area contributed by atoms with Gasteiger partial charge >= 0.3 is 0 Å². The zero-order valence-electron chi connectivity index (χ0n) is 20.5. The van der Waals surface area contributed by atoms with Gasteiger partial charge in [-0.15, -0.1) is 0 Å². The highest BCUT2D eigenvalue weighted by atomic mass is 19.1. The van der Waals surface area contributed by atoms with Gasteiger partial charge in [-0.2, -0.15) is 5.10 Å². The van der Waals surface area contributed by atoms with Crippen LogP contribution in [-0.4, -0.2) is 44.1 Å². The zero-order valence-corrected chi connectivity index (χ0v) is 20.5. The van der Waals surface area contributed by atoms with Crippen molar-refractivity contribution in [2.24, 2.45) is 5.41 Å². The van der Waals surface area contributed by atoms with Gasteiger partial charge in [0.05, 0.1) is 17.8 Å². The van der Waals surface area contributed by atoms with E-state index in [9.17, 15) is 14.0 Å². The maximum absolute atomic E-state index is 13.4. The minimum Gasteiger partial charge on any atom is -0.354 e. The molecule has 0 unspecified atom stereocenters. The second-order valence-electron chi connectivity index (χ2n) is 9.66. The highest BCUT2D eigenvalue weighted by Gasteiger charge is 2.34. The van der Waals surface area contributed by atoms with E-state index in [0.717, 1.165) is 16.8 Å². The average molecular weight is 489 g/mol. The van der Waals surface area contributed by atoms with E-state index in [1.54, 1.807) is 35.4 Å². The molecule has 0 radical (unpaired) electrons. The largest absolute Gasteiger partial charge is 0.354 e. The Labute approximate surface area is 209 Å².